The molecule has 1 aromatic heterocycles. The Kier molecular flexibility index (Phi) is 2.47. The Morgan fingerprint density at radius 2 is 2.06 bits per heavy atom. The van der Waals surface area contributed by atoms with Gasteiger partial charge in [0.15, 0.2) is 0 Å². The molecule has 0 radical (unpaired) electrons. The standard InChI is InChI=1S/C9H9N3O3S/c1-3-5-4(2)16-9(10-5)12-7(14)6(13)11-8(12)15/h3H2,1-2H3,(H,11,13,15). The van der Waals surface area contributed by atoms with E-state index in [0.717, 1.165) is 21.9 Å². The van der Waals surface area contributed by atoms with Gasteiger partial charge >= 0.3 is 17.8 Å². The second kappa shape index (κ2) is 3.67. The van der Waals surface area contributed by atoms with Crippen LogP contribution in [-0.2, 0) is 16.0 Å². The maximum absolute atomic E-state index is 11.4. The van der Waals surface area contributed by atoms with E-state index < -0.39 is 17.8 Å². The van der Waals surface area contributed by atoms with Crippen LogP contribution in [0.15, 0.2) is 0 Å². The first-order valence-electron chi connectivity index (χ1n) is 4.70. The van der Waals surface area contributed by atoms with Crippen molar-refractivity contribution < 1.29 is 14.4 Å². The van der Waals surface area contributed by atoms with Gasteiger partial charge in [-0.25, -0.2) is 9.78 Å². The van der Waals surface area contributed by atoms with E-state index in [4.69, 9.17) is 0 Å². The summed E-state index contributed by atoms with van der Waals surface area (Å²) >= 11 is 1.23. The number of aromatic nitrogens is 1. The van der Waals surface area contributed by atoms with Gasteiger partial charge in [0.25, 0.3) is 0 Å². The molecular formula is C9H9N3O3S. The quantitative estimate of drug-likeness (QED) is 0.605. The molecule has 0 spiro atoms. The van der Waals surface area contributed by atoms with Gasteiger partial charge < -0.3 is 0 Å². The first-order valence-corrected chi connectivity index (χ1v) is 5.52. The highest BCUT2D eigenvalue weighted by Crippen LogP contribution is 2.27. The SMILES string of the molecule is CCc1nc(N2C(=O)NC(=O)C2=O)sc1C. The van der Waals surface area contributed by atoms with Crippen molar-refractivity contribution in [1.29, 1.82) is 0 Å². The van der Waals surface area contributed by atoms with Gasteiger partial charge in [0.1, 0.15) is 0 Å². The summed E-state index contributed by atoms with van der Waals surface area (Å²) < 4.78 is 0. The molecule has 0 bridgehead atoms. The normalized spacial score (nSPS) is 15.9. The molecule has 0 atom stereocenters. The topological polar surface area (TPSA) is 79.4 Å². The van der Waals surface area contributed by atoms with E-state index in [9.17, 15) is 14.4 Å². The second-order valence-electron chi connectivity index (χ2n) is 3.25. The monoisotopic (exact) mass is 239 g/mol. The highest BCUT2D eigenvalue weighted by molar-refractivity contribution is 7.16. The average Bonchev–Trinajstić information content (AvgIpc) is 2.69. The van der Waals surface area contributed by atoms with Gasteiger partial charge in [0.05, 0.1) is 5.69 Å². The second-order valence-corrected chi connectivity index (χ2v) is 4.43. The lowest BCUT2D eigenvalue weighted by molar-refractivity contribution is -0.134. The highest BCUT2D eigenvalue weighted by atomic mass is 32.1. The number of carbonyl (C=O) groups is 3. The van der Waals surface area contributed by atoms with Crippen LogP contribution in [0.4, 0.5) is 9.93 Å². The van der Waals surface area contributed by atoms with E-state index in [1.165, 1.54) is 11.3 Å². The molecular weight excluding hydrogens is 230 g/mol. The number of imide groups is 2. The summed E-state index contributed by atoms with van der Waals surface area (Å²) in [6.07, 6.45) is 0.722. The molecule has 0 saturated carbocycles. The third kappa shape index (κ3) is 1.49. The number of rotatable bonds is 2. The van der Waals surface area contributed by atoms with Crippen molar-refractivity contribution in [2.75, 3.05) is 4.90 Å². The number of thiazole rings is 1. The molecule has 2 rings (SSSR count). The third-order valence-electron chi connectivity index (χ3n) is 2.23. The largest absolute Gasteiger partial charge is 0.338 e. The summed E-state index contributed by atoms with van der Waals surface area (Å²) in [7, 11) is 0. The van der Waals surface area contributed by atoms with Crippen molar-refractivity contribution >= 4 is 34.3 Å². The van der Waals surface area contributed by atoms with Crippen molar-refractivity contribution in [3.63, 3.8) is 0 Å². The molecule has 4 amide bonds. The van der Waals surface area contributed by atoms with Crippen LogP contribution in [0.3, 0.4) is 0 Å². The average molecular weight is 239 g/mol. The van der Waals surface area contributed by atoms with E-state index in [2.05, 4.69) is 4.98 Å². The molecule has 0 aliphatic carbocycles. The van der Waals surface area contributed by atoms with Gasteiger partial charge in [-0.15, -0.1) is 11.3 Å². The molecule has 0 aromatic carbocycles. The summed E-state index contributed by atoms with van der Waals surface area (Å²) in [6.45, 7) is 3.79. The smallest absolute Gasteiger partial charge is 0.269 e. The first-order chi connectivity index (χ1) is 7.54. The molecule has 6 nitrogen and oxygen atoms in total. The number of amides is 4. The Balaban J connectivity index is 2.40. The number of aryl methyl sites for hydroxylation is 2. The molecule has 2 heterocycles. The van der Waals surface area contributed by atoms with E-state index in [-0.39, 0.29) is 5.13 Å². The van der Waals surface area contributed by atoms with Crippen molar-refractivity contribution in [1.82, 2.24) is 10.3 Å². The Morgan fingerprint density at radius 1 is 1.38 bits per heavy atom. The van der Waals surface area contributed by atoms with E-state index in [1.807, 2.05) is 19.2 Å². The minimum atomic E-state index is -0.907. The van der Waals surface area contributed by atoms with Gasteiger partial charge in [-0.3, -0.25) is 14.9 Å². The molecule has 1 aliphatic rings. The van der Waals surface area contributed by atoms with Gasteiger partial charge in [-0.1, -0.05) is 6.92 Å². The number of hydrogen-bond donors (Lipinski definition) is 1. The first kappa shape index (κ1) is 10.7. The summed E-state index contributed by atoms with van der Waals surface area (Å²) in [6, 6.07) is -0.730. The van der Waals surface area contributed by atoms with Crippen LogP contribution in [0.25, 0.3) is 0 Å². The van der Waals surface area contributed by atoms with Crippen molar-refractivity contribution in [3.8, 4) is 0 Å². The Bertz CT molecular complexity index is 494. The molecule has 84 valence electrons. The zero-order valence-corrected chi connectivity index (χ0v) is 9.55. The maximum Gasteiger partial charge on any atom is 0.338 e. The van der Waals surface area contributed by atoms with Gasteiger partial charge in [-0.2, -0.15) is 4.90 Å². The minimum absolute atomic E-state index is 0.253. The number of nitrogens with one attached hydrogen (secondary N) is 1. The van der Waals surface area contributed by atoms with Crippen LogP contribution >= 0.6 is 11.3 Å². The van der Waals surface area contributed by atoms with Crippen LogP contribution in [0.2, 0.25) is 0 Å². The summed E-state index contributed by atoms with van der Waals surface area (Å²) in [5.74, 6) is -1.78. The van der Waals surface area contributed by atoms with Crippen LogP contribution < -0.4 is 10.2 Å². The molecule has 1 saturated heterocycles. The lowest BCUT2D eigenvalue weighted by atomic mass is 10.3. The summed E-state index contributed by atoms with van der Waals surface area (Å²) in [5, 5.41) is 2.18. The molecule has 1 fully saturated rings. The maximum atomic E-state index is 11.4. The van der Waals surface area contributed by atoms with Crippen LogP contribution in [-0.4, -0.2) is 22.8 Å². The van der Waals surface area contributed by atoms with Gasteiger partial charge in [-0.05, 0) is 13.3 Å². The number of urea groups is 1. The molecule has 7 heteroatoms. The Labute approximate surface area is 95.3 Å². The molecule has 1 aliphatic heterocycles. The summed E-state index contributed by atoms with van der Waals surface area (Å²) in [5.41, 5.74) is 0.833. The fraction of sp³-hybridized carbons (Fsp3) is 0.333. The predicted molar refractivity (Wildman–Crippen MR) is 57.3 cm³/mol. The zero-order valence-electron chi connectivity index (χ0n) is 8.73. The Morgan fingerprint density at radius 3 is 2.50 bits per heavy atom. The number of nitrogens with zero attached hydrogens (tertiary/aromatic N) is 2. The van der Waals surface area contributed by atoms with E-state index in [0.29, 0.717) is 0 Å². The minimum Gasteiger partial charge on any atom is -0.269 e. The van der Waals surface area contributed by atoms with Crippen LogP contribution in [0.1, 0.15) is 17.5 Å². The fourth-order valence-electron chi connectivity index (χ4n) is 1.41. The number of hydrogen-bond acceptors (Lipinski definition) is 5. The molecule has 16 heavy (non-hydrogen) atoms. The van der Waals surface area contributed by atoms with Crippen molar-refractivity contribution in [2.45, 2.75) is 20.3 Å². The van der Waals surface area contributed by atoms with E-state index >= 15 is 0 Å². The molecule has 1 aromatic rings. The molecule has 1 N–H and O–H groups in total. The summed E-state index contributed by atoms with van der Waals surface area (Å²) in [4.78, 5) is 39.6. The van der Waals surface area contributed by atoms with E-state index in [1.54, 1.807) is 0 Å². The lowest BCUT2D eigenvalue weighted by Gasteiger charge is -2.05. The fourth-order valence-corrected chi connectivity index (χ4v) is 2.41. The molecule has 0 unspecified atom stereocenters. The lowest BCUT2D eigenvalue weighted by Crippen LogP contribution is -2.30. The van der Waals surface area contributed by atoms with Gasteiger partial charge in [0, 0.05) is 4.88 Å². The zero-order chi connectivity index (χ0) is 11.9. The van der Waals surface area contributed by atoms with Crippen LogP contribution in [0, 0.1) is 6.92 Å². The van der Waals surface area contributed by atoms with Gasteiger partial charge in [0.2, 0.25) is 5.13 Å². The predicted octanol–water partition coefficient (Wildman–Crippen LogP) is 0.597. The van der Waals surface area contributed by atoms with Crippen molar-refractivity contribution in [3.05, 3.63) is 10.6 Å². The highest BCUT2D eigenvalue weighted by Gasteiger charge is 2.39. The number of carbonyl (C=O) groups excluding carboxylic acids is 3. The van der Waals surface area contributed by atoms with Crippen molar-refractivity contribution in [2.24, 2.45) is 0 Å². The Hall–Kier alpha value is -1.76. The van der Waals surface area contributed by atoms with Crippen LogP contribution in [0.5, 0.6) is 0 Å². The third-order valence-corrected chi connectivity index (χ3v) is 3.23. The number of anilines is 1.